The lowest BCUT2D eigenvalue weighted by Crippen LogP contribution is -2.36. The highest BCUT2D eigenvalue weighted by molar-refractivity contribution is 6.05. The lowest BCUT2D eigenvalue weighted by atomic mass is 10.2. The summed E-state index contributed by atoms with van der Waals surface area (Å²) in [5.74, 6) is 1.93. The third kappa shape index (κ3) is 5.62. The molecule has 1 aromatic carbocycles. The normalized spacial score (nSPS) is 13.6. The Bertz CT molecular complexity index is 878. The van der Waals surface area contributed by atoms with Gasteiger partial charge in [-0.15, -0.1) is 0 Å². The van der Waals surface area contributed by atoms with Crippen molar-refractivity contribution in [3.8, 4) is 11.5 Å². The lowest BCUT2D eigenvalue weighted by Gasteiger charge is -2.31. The molecule has 2 heterocycles. The number of anilines is 3. The second kappa shape index (κ2) is 11.6. The van der Waals surface area contributed by atoms with E-state index in [9.17, 15) is 4.79 Å². The summed E-state index contributed by atoms with van der Waals surface area (Å²) >= 11 is 0. The second-order valence-corrected chi connectivity index (χ2v) is 7.31. The first-order chi connectivity index (χ1) is 15.6. The Morgan fingerprint density at radius 1 is 1.06 bits per heavy atom. The SMILES string of the molecule is CCOc1cc(N2CCOCC2)c(OCC)cc1NC(=O)c1ccc(N(CC)CC)nc1. The minimum Gasteiger partial charge on any atom is -0.492 e. The Morgan fingerprint density at radius 3 is 2.34 bits per heavy atom. The number of pyridine rings is 1. The molecule has 0 saturated carbocycles. The first kappa shape index (κ1) is 23.7. The number of amides is 1. The molecule has 2 aromatic rings. The number of aromatic nitrogens is 1. The van der Waals surface area contributed by atoms with Gasteiger partial charge in [0.1, 0.15) is 17.3 Å². The van der Waals surface area contributed by atoms with Crippen LogP contribution in [0.25, 0.3) is 0 Å². The van der Waals surface area contributed by atoms with Crippen LogP contribution in [-0.4, -0.2) is 63.5 Å². The molecular weight excluding hydrogens is 408 g/mol. The molecule has 0 atom stereocenters. The van der Waals surface area contributed by atoms with Crippen LogP contribution in [0.15, 0.2) is 30.5 Å². The Balaban J connectivity index is 1.86. The average Bonchev–Trinajstić information content (AvgIpc) is 2.82. The van der Waals surface area contributed by atoms with E-state index in [-0.39, 0.29) is 5.91 Å². The molecule has 1 amide bonds. The molecule has 1 saturated heterocycles. The van der Waals surface area contributed by atoms with Gasteiger partial charge in [0.05, 0.1) is 43.4 Å². The van der Waals surface area contributed by atoms with E-state index in [1.165, 1.54) is 0 Å². The molecule has 0 aliphatic carbocycles. The van der Waals surface area contributed by atoms with Gasteiger partial charge in [-0.05, 0) is 39.8 Å². The van der Waals surface area contributed by atoms with Crippen LogP contribution in [0.3, 0.4) is 0 Å². The molecule has 8 nitrogen and oxygen atoms in total. The van der Waals surface area contributed by atoms with Crippen LogP contribution in [0.5, 0.6) is 11.5 Å². The lowest BCUT2D eigenvalue weighted by molar-refractivity contribution is 0.102. The first-order valence-corrected chi connectivity index (χ1v) is 11.4. The predicted octanol–water partition coefficient (Wildman–Crippen LogP) is 3.81. The van der Waals surface area contributed by atoms with Crippen molar-refractivity contribution in [3.63, 3.8) is 0 Å². The van der Waals surface area contributed by atoms with Crippen molar-refractivity contribution in [1.82, 2.24) is 4.98 Å². The minimum atomic E-state index is -0.244. The fourth-order valence-corrected chi connectivity index (χ4v) is 3.69. The van der Waals surface area contributed by atoms with Gasteiger partial charge < -0.3 is 29.3 Å². The number of carbonyl (C=O) groups excluding carboxylic acids is 1. The summed E-state index contributed by atoms with van der Waals surface area (Å²) in [5, 5.41) is 2.98. The van der Waals surface area contributed by atoms with Crippen molar-refractivity contribution in [3.05, 3.63) is 36.0 Å². The summed E-state index contributed by atoms with van der Waals surface area (Å²) in [7, 11) is 0. The van der Waals surface area contributed by atoms with E-state index in [1.807, 2.05) is 32.0 Å². The van der Waals surface area contributed by atoms with Gasteiger partial charge in [0, 0.05) is 44.5 Å². The standard InChI is InChI=1S/C24H34N4O4/c1-5-27(6-2)23-10-9-18(17-25-23)24(29)26-19-15-22(32-8-4)20(16-21(19)31-7-3)28-11-13-30-14-12-28/h9-10,15-17H,5-8,11-14H2,1-4H3,(H,26,29). The molecule has 1 aliphatic heterocycles. The van der Waals surface area contributed by atoms with Crippen molar-refractivity contribution in [2.75, 3.05) is 67.7 Å². The third-order valence-corrected chi connectivity index (χ3v) is 5.36. The maximum Gasteiger partial charge on any atom is 0.257 e. The van der Waals surface area contributed by atoms with Gasteiger partial charge in [-0.2, -0.15) is 0 Å². The molecule has 1 aromatic heterocycles. The predicted molar refractivity (Wildman–Crippen MR) is 128 cm³/mol. The van der Waals surface area contributed by atoms with Crippen molar-refractivity contribution in [1.29, 1.82) is 0 Å². The van der Waals surface area contributed by atoms with Gasteiger partial charge in [-0.25, -0.2) is 4.98 Å². The number of rotatable bonds is 10. The fraction of sp³-hybridized carbons (Fsp3) is 0.500. The number of hydrogen-bond donors (Lipinski definition) is 1. The summed E-state index contributed by atoms with van der Waals surface area (Å²) in [4.78, 5) is 21.8. The molecule has 1 N–H and O–H groups in total. The molecule has 0 spiro atoms. The van der Waals surface area contributed by atoms with Crippen molar-refractivity contribution < 1.29 is 19.0 Å². The van der Waals surface area contributed by atoms with Gasteiger partial charge in [0.2, 0.25) is 0 Å². The van der Waals surface area contributed by atoms with Crippen LogP contribution in [0.4, 0.5) is 17.2 Å². The van der Waals surface area contributed by atoms with E-state index in [1.54, 1.807) is 12.3 Å². The summed E-state index contributed by atoms with van der Waals surface area (Å²) in [6, 6.07) is 7.45. The summed E-state index contributed by atoms with van der Waals surface area (Å²) in [5.41, 5.74) is 2.01. The molecule has 0 unspecified atom stereocenters. The Hall–Kier alpha value is -3.00. The zero-order valence-electron chi connectivity index (χ0n) is 19.5. The highest BCUT2D eigenvalue weighted by Gasteiger charge is 2.21. The van der Waals surface area contributed by atoms with Crippen LogP contribution < -0.4 is 24.6 Å². The van der Waals surface area contributed by atoms with Crippen molar-refractivity contribution in [2.24, 2.45) is 0 Å². The zero-order valence-corrected chi connectivity index (χ0v) is 19.5. The first-order valence-electron chi connectivity index (χ1n) is 11.4. The number of nitrogens with zero attached hydrogens (tertiary/aromatic N) is 3. The number of morpholine rings is 1. The number of carbonyl (C=O) groups is 1. The number of benzene rings is 1. The molecular formula is C24H34N4O4. The monoisotopic (exact) mass is 442 g/mol. The smallest absolute Gasteiger partial charge is 0.257 e. The highest BCUT2D eigenvalue weighted by atomic mass is 16.5. The second-order valence-electron chi connectivity index (χ2n) is 7.31. The topological polar surface area (TPSA) is 76.2 Å². The highest BCUT2D eigenvalue weighted by Crippen LogP contribution is 2.39. The van der Waals surface area contributed by atoms with Crippen LogP contribution in [-0.2, 0) is 4.74 Å². The van der Waals surface area contributed by atoms with Crippen LogP contribution in [0.1, 0.15) is 38.1 Å². The summed E-state index contributed by atoms with van der Waals surface area (Å²) < 4.78 is 17.3. The molecule has 1 fully saturated rings. The van der Waals surface area contributed by atoms with Crippen LogP contribution in [0, 0.1) is 0 Å². The maximum absolute atomic E-state index is 13.0. The van der Waals surface area contributed by atoms with Crippen LogP contribution in [0.2, 0.25) is 0 Å². The maximum atomic E-state index is 13.0. The van der Waals surface area contributed by atoms with Crippen LogP contribution >= 0.6 is 0 Å². The minimum absolute atomic E-state index is 0.244. The van der Waals surface area contributed by atoms with Gasteiger partial charge in [-0.3, -0.25) is 4.79 Å². The molecule has 1 aliphatic rings. The van der Waals surface area contributed by atoms with Gasteiger partial charge in [0.25, 0.3) is 5.91 Å². The van der Waals surface area contributed by atoms with E-state index in [4.69, 9.17) is 14.2 Å². The largest absolute Gasteiger partial charge is 0.492 e. The van der Waals surface area contributed by atoms with Gasteiger partial charge >= 0.3 is 0 Å². The van der Waals surface area contributed by atoms with E-state index >= 15 is 0 Å². The number of hydrogen-bond acceptors (Lipinski definition) is 7. The Morgan fingerprint density at radius 2 is 1.75 bits per heavy atom. The van der Waals surface area contributed by atoms with E-state index in [0.29, 0.717) is 49.2 Å². The zero-order chi connectivity index (χ0) is 22.9. The number of nitrogens with one attached hydrogen (secondary N) is 1. The molecule has 0 bridgehead atoms. The van der Waals surface area contributed by atoms with Crippen molar-refractivity contribution in [2.45, 2.75) is 27.7 Å². The average molecular weight is 443 g/mol. The molecule has 32 heavy (non-hydrogen) atoms. The Labute approximate surface area is 190 Å². The number of ether oxygens (including phenoxy) is 3. The summed E-state index contributed by atoms with van der Waals surface area (Å²) in [6.45, 7) is 13.7. The molecule has 0 radical (unpaired) electrons. The molecule has 3 rings (SSSR count). The molecule has 174 valence electrons. The quantitative estimate of drug-likeness (QED) is 0.599. The van der Waals surface area contributed by atoms with E-state index in [0.717, 1.165) is 37.7 Å². The van der Waals surface area contributed by atoms with Gasteiger partial charge in [0.15, 0.2) is 0 Å². The molecule has 8 heteroatoms. The van der Waals surface area contributed by atoms with E-state index in [2.05, 4.69) is 33.9 Å². The van der Waals surface area contributed by atoms with Crippen molar-refractivity contribution >= 4 is 23.1 Å². The third-order valence-electron chi connectivity index (χ3n) is 5.36. The summed E-state index contributed by atoms with van der Waals surface area (Å²) in [6.07, 6.45) is 1.61. The van der Waals surface area contributed by atoms with E-state index < -0.39 is 0 Å². The fourth-order valence-electron chi connectivity index (χ4n) is 3.69. The van der Waals surface area contributed by atoms with Gasteiger partial charge in [-0.1, -0.05) is 0 Å². The Kier molecular flexibility index (Phi) is 8.56.